The van der Waals surface area contributed by atoms with Crippen LogP contribution in [0.25, 0.3) is 21.9 Å². The van der Waals surface area contributed by atoms with Gasteiger partial charge in [-0.15, -0.1) is 0 Å². The van der Waals surface area contributed by atoms with E-state index in [1.54, 1.807) is 19.2 Å². The number of rotatable bonds is 4. The molecule has 166 valence electrons. The van der Waals surface area contributed by atoms with E-state index in [2.05, 4.69) is 30.3 Å². The molecule has 1 N–H and O–H groups in total. The Morgan fingerprint density at radius 2 is 1.39 bits per heavy atom. The highest BCUT2D eigenvalue weighted by Gasteiger charge is 2.18. The number of hydrogen-bond acceptors (Lipinski definition) is 2. The Balaban J connectivity index is 0.00000171. The molecule has 0 bridgehead atoms. The van der Waals surface area contributed by atoms with E-state index in [1.165, 1.54) is 56.1 Å². The number of carboxylic acids is 1. The Morgan fingerprint density at radius 1 is 0.806 bits per heavy atom. The maximum atomic E-state index is 11.2. The smallest absolute Gasteiger partial charge is 0.335 e. The molecular formula is C28H36O3. The topological polar surface area (TPSA) is 46.5 Å². The molecule has 31 heavy (non-hydrogen) atoms. The molecule has 1 aliphatic carbocycles. The minimum atomic E-state index is -0.894. The van der Waals surface area contributed by atoms with E-state index in [0.717, 1.165) is 22.1 Å². The summed E-state index contributed by atoms with van der Waals surface area (Å²) in [6.07, 6.45) is 9.08. The van der Waals surface area contributed by atoms with E-state index in [-0.39, 0.29) is 14.9 Å². The Kier molecular flexibility index (Phi) is 8.67. The summed E-state index contributed by atoms with van der Waals surface area (Å²) < 4.78 is 5.71. The first-order valence-electron chi connectivity index (χ1n) is 10.6. The molecule has 0 aliphatic heterocycles. The molecule has 0 amide bonds. The van der Waals surface area contributed by atoms with Gasteiger partial charge in [0.2, 0.25) is 0 Å². The van der Waals surface area contributed by atoms with Crippen molar-refractivity contribution in [2.75, 3.05) is 7.11 Å². The average Bonchev–Trinajstić information content (AvgIpc) is 2.72. The van der Waals surface area contributed by atoms with Crippen molar-refractivity contribution < 1.29 is 14.6 Å². The number of methoxy groups -OCH3 is 1. The summed E-state index contributed by atoms with van der Waals surface area (Å²) >= 11 is 0. The first-order valence-corrected chi connectivity index (χ1v) is 10.6. The molecule has 3 heteroatoms. The van der Waals surface area contributed by atoms with Crippen molar-refractivity contribution in [3.8, 4) is 16.9 Å². The van der Waals surface area contributed by atoms with E-state index in [4.69, 9.17) is 4.74 Å². The second-order valence-electron chi connectivity index (χ2n) is 8.08. The predicted molar refractivity (Wildman–Crippen MR) is 131 cm³/mol. The summed E-state index contributed by atoms with van der Waals surface area (Å²) in [5, 5.41) is 11.2. The molecule has 0 spiro atoms. The zero-order valence-corrected chi connectivity index (χ0v) is 17.0. The van der Waals surface area contributed by atoms with Gasteiger partial charge in [-0.25, -0.2) is 4.79 Å². The first kappa shape index (κ1) is 24.5. The van der Waals surface area contributed by atoms with E-state index < -0.39 is 5.97 Å². The third-order valence-electron chi connectivity index (χ3n) is 6.20. The van der Waals surface area contributed by atoms with Crippen LogP contribution in [-0.2, 0) is 0 Å². The lowest BCUT2D eigenvalue weighted by Gasteiger charge is -2.23. The maximum absolute atomic E-state index is 11.2. The molecular weight excluding hydrogens is 384 g/mol. The molecule has 0 aromatic heterocycles. The third-order valence-corrected chi connectivity index (χ3v) is 6.20. The predicted octanol–water partition coefficient (Wildman–Crippen LogP) is 8.31. The largest absolute Gasteiger partial charge is 0.496 e. The van der Waals surface area contributed by atoms with Gasteiger partial charge < -0.3 is 9.84 Å². The van der Waals surface area contributed by atoms with Crippen LogP contribution in [0.3, 0.4) is 0 Å². The van der Waals surface area contributed by atoms with Crippen molar-refractivity contribution in [3.05, 3.63) is 65.7 Å². The summed E-state index contributed by atoms with van der Waals surface area (Å²) in [5.74, 6) is 0.657. The number of carbonyl (C=O) groups is 1. The Bertz CT molecular complexity index is 1010. The summed E-state index contributed by atoms with van der Waals surface area (Å²) in [4.78, 5) is 11.2. The van der Waals surface area contributed by atoms with Gasteiger partial charge in [0.1, 0.15) is 5.75 Å². The minimum Gasteiger partial charge on any atom is -0.496 e. The van der Waals surface area contributed by atoms with Crippen LogP contribution >= 0.6 is 0 Å². The molecule has 0 heterocycles. The standard InChI is InChI=1S/C26H28O3.2CH4/c1-29-25-14-13-22(17-24(25)18-7-5-3-2-4-6-8-18)20-9-10-21-16-23(26(27)28)12-11-19(21)15-20;;/h9-18H,2-8H2,1H3,(H,27,28);2*1H4. The van der Waals surface area contributed by atoms with Crippen LogP contribution in [0.1, 0.15) is 81.6 Å². The normalized spacial score (nSPS) is 14.6. The fourth-order valence-corrected chi connectivity index (χ4v) is 4.56. The highest BCUT2D eigenvalue weighted by Crippen LogP contribution is 2.38. The van der Waals surface area contributed by atoms with Gasteiger partial charge in [-0.2, -0.15) is 0 Å². The van der Waals surface area contributed by atoms with Gasteiger partial charge in [-0.1, -0.05) is 71.2 Å². The second-order valence-corrected chi connectivity index (χ2v) is 8.08. The van der Waals surface area contributed by atoms with Crippen molar-refractivity contribution in [2.45, 2.75) is 65.7 Å². The molecule has 1 saturated carbocycles. The van der Waals surface area contributed by atoms with Crippen molar-refractivity contribution >= 4 is 16.7 Å². The molecule has 4 rings (SSSR count). The van der Waals surface area contributed by atoms with Crippen LogP contribution in [0.5, 0.6) is 5.75 Å². The number of carboxylic acid groups (broad SMARTS) is 1. The van der Waals surface area contributed by atoms with Gasteiger partial charge in [-0.3, -0.25) is 0 Å². The van der Waals surface area contributed by atoms with Crippen LogP contribution in [0, 0.1) is 0 Å². The maximum Gasteiger partial charge on any atom is 0.335 e. The minimum absolute atomic E-state index is 0. The lowest BCUT2D eigenvalue weighted by atomic mass is 9.84. The lowest BCUT2D eigenvalue weighted by Crippen LogP contribution is -2.05. The van der Waals surface area contributed by atoms with Gasteiger partial charge in [0.25, 0.3) is 0 Å². The molecule has 3 aromatic carbocycles. The molecule has 1 fully saturated rings. The molecule has 3 nitrogen and oxygen atoms in total. The van der Waals surface area contributed by atoms with Gasteiger partial charge in [0, 0.05) is 0 Å². The molecule has 0 saturated heterocycles. The SMILES string of the molecule is C.C.COc1ccc(-c2ccc3cc(C(=O)O)ccc3c2)cc1C1CCCCCCC1. The molecule has 0 radical (unpaired) electrons. The first-order chi connectivity index (χ1) is 14.2. The molecule has 1 aliphatic rings. The highest BCUT2D eigenvalue weighted by atomic mass is 16.5. The van der Waals surface area contributed by atoms with Gasteiger partial charge in [0.15, 0.2) is 0 Å². The summed E-state index contributed by atoms with van der Waals surface area (Å²) in [6.45, 7) is 0. The lowest BCUT2D eigenvalue weighted by molar-refractivity contribution is 0.0697. The highest BCUT2D eigenvalue weighted by molar-refractivity contribution is 5.95. The van der Waals surface area contributed by atoms with Gasteiger partial charge >= 0.3 is 5.97 Å². The van der Waals surface area contributed by atoms with E-state index in [1.807, 2.05) is 12.1 Å². The molecule has 0 atom stereocenters. The van der Waals surface area contributed by atoms with Crippen molar-refractivity contribution in [3.63, 3.8) is 0 Å². The summed E-state index contributed by atoms with van der Waals surface area (Å²) in [5.41, 5.74) is 3.98. The fourth-order valence-electron chi connectivity index (χ4n) is 4.56. The van der Waals surface area contributed by atoms with Crippen molar-refractivity contribution in [1.29, 1.82) is 0 Å². The van der Waals surface area contributed by atoms with Crippen molar-refractivity contribution in [2.24, 2.45) is 0 Å². The number of fused-ring (bicyclic) bond motifs is 1. The quantitative estimate of drug-likeness (QED) is 0.461. The van der Waals surface area contributed by atoms with Gasteiger partial charge in [-0.05, 0) is 76.6 Å². The van der Waals surface area contributed by atoms with E-state index in [9.17, 15) is 9.90 Å². The third kappa shape index (κ3) is 5.46. The summed E-state index contributed by atoms with van der Waals surface area (Å²) in [6, 6.07) is 18.1. The van der Waals surface area contributed by atoms with Crippen LogP contribution in [0.15, 0.2) is 54.6 Å². The monoisotopic (exact) mass is 420 g/mol. The summed E-state index contributed by atoms with van der Waals surface area (Å²) in [7, 11) is 1.76. The van der Waals surface area contributed by atoms with Gasteiger partial charge in [0.05, 0.1) is 12.7 Å². The van der Waals surface area contributed by atoms with E-state index >= 15 is 0 Å². The zero-order valence-electron chi connectivity index (χ0n) is 17.0. The number of aromatic carboxylic acids is 1. The number of hydrogen-bond donors (Lipinski definition) is 1. The van der Waals surface area contributed by atoms with E-state index in [0.29, 0.717) is 11.5 Å². The second kappa shape index (κ2) is 11.0. The fraction of sp³-hybridized carbons (Fsp3) is 0.393. The Morgan fingerprint density at radius 3 is 2.06 bits per heavy atom. The Labute approximate surface area is 187 Å². The average molecular weight is 421 g/mol. The number of ether oxygens (including phenoxy) is 1. The van der Waals surface area contributed by atoms with Crippen molar-refractivity contribution in [1.82, 2.24) is 0 Å². The molecule has 0 unspecified atom stereocenters. The molecule has 3 aromatic rings. The van der Waals surface area contributed by atoms with Crippen LogP contribution in [-0.4, -0.2) is 18.2 Å². The van der Waals surface area contributed by atoms with Crippen LogP contribution < -0.4 is 4.74 Å². The van der Waals surface area contributed by atoms with Crippen LogP contribution in [0.4, 0.5) is 0 Å². The number of benzene rings is 3. The zero-order chi connectivity index (χ0) is 20.2. The van der Waals surface area contributed by atoms with Crippen LogP contribution in [0.2, 0.25) is 0 Å². The Hall–Kier alpha value is -2.81.